The highest BCUT2D eigenvalue weighted by molar-refractivity contribution is 7.09. The van der Waals surface area contributed by atoms with Gasteiger partial charge in [0, 0.05) is 16.6 Å². The maximum atomic E-state index is 7.34. The van der Waals surface area contributed by atoms with E-state index in [1.165, 1.54) is 0 Å². The summed E-state index contributed by atoms with van der Waals surface area (Å²) in [5.41, 5.74) is 7.08. The molecule has 1 heterocycles. The van der Waals surface area contributed by atoms with E-state index in [1.807, 2.05) is 24.4 Å². The molecule has 2 rings (SSSR count). The minimum absolute atomic E-state index is 0.0422. The highest BCUT2D eigenvalue weighted by Gasteiger charge is 2.02. The number of amidine groups is 1. The Morgan fingerprint density at radius 2 is 2.35 bits per heavy atom. The number of nitrogens with two attached hydrogens (primary N) is 1. The van der Waals surface area contributed by atoms with E-state index in [0.717, 1.165) is 10.7 Å². The van der Waals surface area contributed by atoms with Crippen molar-refractivity contribution in [2.24, 2.45) is 5.73 Å². The molecule has 0 bridgehead atoms. The van der Waals surface area contributed by atoms with Gasteiger partial charge < -0.3 is 10.5 Å². The molecule has 0 aliphatic carbocycles. The Labute approximate surface area is 104 Å². The first-order valence-corrected chi connectivity index (χ1v) is 6.01. The van der Waals surface area contributed by atoms with Crippen LogP contribution in [0.4, 0.5) is 0 Å². The molecule has 1 aromatic carbocycles. The van der Waals surface area contributed by atoms with Gasteiger partial charge in [0.25, 0.3) is 0 Å². The zero-order valence-electron chi connectivity index (χ0n) is 9.43. The number of hydrogen-bond donors (Lipinski definition) is 2. The van der Waals surface area contributed by atoms with Gasteiger partial charge in [-0.2, -0.15) is 0 Å². The van der Waals surface area contributed by atoms with Gasteiger partial charge in [0.2, 0.25) is 0 Å². The van der Waals surface area contributed by atoms with Gasteiger partial charge in [0.1, 0.15) is 23.2 Å². The van der Waals surface area contributed by atoms with Crippen LogP contribution in [0.5, 0.6) is 5.75 Å². The van der Waals surface area contributed by atoms with Gasteiger partial charge in [-0.1, -0.05) is 12.1 Å². The first-order chi connectivity index (χ1) is 8.15. The molecule has 3 N–H and O–H groups in total. The molecule has 0 aliphatic heterocycles. The van der Waals surface area contributed by atoms with Gasteiger partial charge in [0.15, 0.2) is 0 Å². The van der Waals surface area contributed by atoms with Crippen LogP contribution in [0.15, 0.2) is 29.6 Å². The third-order valence-corrected chi connectivity index (χ3v) is 3.11. The summed E-state index contributed by atoms with van der Waals surface area (Å²) in [5.74, 6) is 0.742. The predicted molar refractivity (Wildman–Crippen MR) is 68.6 cm³/mol. The second-order valence-electron chi connectivity index (χ2n) is 3.61. The van der Waals surface area contributed by atoms with E-state index in [1.54, 1.807) is 23.5 Å². The SMILES string of the molecule is Cc1csc(COc2cccc(C(=N)N)c2)n1. The summed E-state index contributed by atoms with van der Waals surface area (Å²) in [5, 5.41) is 10.3. The van der Waals surface area contributed by atoms with E-state index < -0.39 is 0 Å². The number of nitrogens with zero attached hydrogens (tertiary/aromatic N) is 1. The molecular formula is C12H13N3OS. The molecule has 0 unspecified atom stereocenters. The lowest BCUT2D eigenvalue weighted by molar-refractivity contribution is 0.305. The van der Waals surface area contributed by atoms with Crippen molar-refractivity contribution in [3.05, 3.63) is 45.9 Å². The Morgan fingerprint density at radius 3 is 3.00 bits per heavy atom. The summed E-state index contributed by atoms with van der Waals surface area (Å²) in [6.45, 7) is 2.40. The van der Waals surface area contributed by atoms with Crippen LogP contribution < -0.4 is 10.5 Å². The zero-order chi connectivity index (χ0) is 12.3. The molecule has 0 amide bonds. The largest absolute Gasteiger partial charge is 0.486 e. The molecule has 1 aromatic heterocycles. The van der Waals surface area contributed by atoms with E-state index >= 15 is 0 Å². The summed E-state index contributed by atoms with van der Waals surface area (Å²) < 4.78 is 5.59. The van der Waals surface area contributed by atoms with Gasteiger partial charge in [-0.15, -0.1) is 11.3 Å². The number of benzene rings is 1. The predicted octanol–water partition coefficient (Wildman–Crippen LogP) is 2.31. The summed E-state index contributed by atoms with van der Waals surface area (Å²) in [7, 11) is 0. The standard InChI is InChI=1S/C12H13N3OS/c1-8-7-17-11(15-8)6-16-10-4-2-3-9(5-10)12(13)14/h2-5,7H,6H2,1H3,(H3,13,14). The molecule has 0 saturated heterocycles. The highest BCUT2D eigenvalue weighted by Crippen LogP contribution is 2.16. The smallest absolute Gasteiger partial charge is 0.140 e. The Hall–Kier alpha value is -1.88. The first-order valence-electron chi connectivity index (χ1n) is 5.13. The minimum Gasteiger partial charge on any atom is -0.486 e. The van der Waals surface area contributed by atoms with Gasteiger partial charge in [-0.25, -0.2) is 4.98 Å². The lowest BCUT2D eigenvalue weighted by Gasteiger charge is -2.05. The molecule has 5 heteroatoms. The number of ether oxygens (including phenoxy) is 1. The van der Waals surface area contributed by atoms with Crippen LogP contribution in [-0.4, -0.2) is 10.8 Å². The Bertz CT molecular complexity index is 536. The van der Waals surface area contributed by atoms with Gasteiger partial charge in [0.05, 0.1) is 0 Å². The maximum absolute atomic E-state index is 7.34. The third kappa shape index (κ3) is 3.04. The van der Waals surface area contributed by atoms with Gasteiger partial charge >= 0.3 is 0 Å². The molecule has 2 aromatic rings. The summed E-state index contributed by atoms with van der Waals surface area (Å²) in [6, 6.07) is 7.19. The van der Waals surface area contributed by atoms with Crippen molar-refractivity contribution in [1.82, 2.24) is 4.98 Å². The number of nitrogen functional groups attached to an aromatic ring is 1. The minimum atomic E-state index is 0.0422. The quantitative estimate of drug-likeness (QED) is 0.643. The van der Waals surface area contributed by atoms with Crippen LogP contribution in [0.1, 0.15) is 16.3 Å². The number of thiazole rings is 1. The Kier molecular flexibility index (Phi) is 3.39. The van der Waals surface area contributed by atoms with Crippen LogP contribution in [0.2, 0.25) is 0 Å². The van der Waals surface area contributed by atoms with Gasteiger partial charge in [-0.05, 0) is 19.1 Å². The molecule has 0 aliphatic rings. The van der Waals surface area contributed by atoms with Crippen LogP contribution in [0, 0.1) is 12.3 Å². The molecule has 0 saturated carbocycles. The third-order valence-electron chi connectivity index (χ3n) is 2.17. The van der Waals surface area contributed by atoms with Crippen LogP contribution >= 0.6 is 11.3 Å². The van der Waals surface area contributed by atoms with Gasteiger partial charge in [-0.3, -0.25) is 5.41 Å². The molecular weight excluding hydrogens is 234 g/mol. The fourth-order valence-electron chi connectivity index (χ4n) is 1.37. The van der Waals surface area contributed by atoms with Crippen molar-refractivity contribution < 1.29 is 4.74 Å². The molecule has 17 heavy (non-hydrogen) atoms. The number of nitrogens with one attached hydrogen (secondary N) is 1. The van der Waals surface area contributed by atoms with Crippen molar-refractivity contribution >= 4 is 17.2 Å². The summed E-state index contributed by atoms with van der Waals surface area (Å²) in [6.07, 6.45) is 0. The van der Waals surface area contributed by atoms with E-state index in [4.69, 9.17) is 15.9 Å². The van der Waals surface area contributed by atoms with E-state index in [2.05, 4.69) is 4.98 Å². The summed E-state index contributed by atoms with van der Waals surface area (Å²) in [4.78, 5) is 4.31. The van der Waals surface area contributed by atoms with Crippen LogP contribution in [0.25, 0.3) is 0 Å². The highest BCUT2D eigenvalue weighted by atomic mass is 32.1. The molecule has 88 valence electrons. The molecule has 0 fully saturated rings. The van der Waals surface area contributed by atoms with E-state index in [9.17, 15) is 0 Å². The van der Waals surface area contributed by atoms with Crippen molar-refractivity contribution in [1.29, 1.82) is 5.41 Å². The molecule has 0 atom stereocenters. The fourth-order valence-corrected chi connectivity index (χ4v) is 2.05. The van der Waals surface area contributed by atoms with Crippen LogP contribution in [-0.2, 0) is 6.61 Å². The van der Waals surface area contributed by atoms with Crippen molar-refractivity contribution in [2.45, 2.75) is 13.5 Å². The molecule has 0 radical (unpaired) electrons. The lowest BCUT2D eigenvalue weighted by atomic mass is 10.2. The van der Waals surface area contributed by atoms with Crippen molar-refractivity contribution in [3.63, 3.8) is 0 Å². The zero-order valence-corrected chi connectivity index (χ0v) is 10.3. The first kappa shape index (κ1) is 11.6. The second-order valence-corrected chi connectivity index (χ2v) is 4.56. The Balaban J connectivity index is 2.04. The topological polar surface area (TPSA) is 72.0 Å². The number of hydrogen-bond acceptors (Lipinski definition) is 4. The van der Waals surface area contributed by atoms with E-state index in [-0.39, 0.29) is 5.84 Å². The number of rotatable bonds is 4. The normalized spacial score (nSPS) is 10.2. The maximum Gasteiger partial charge on any atom is 0.140 e. The molecule has 0 spiro atoms. The van der Waals surface area contributed by atoms with Crippen molar-refractivity contribution in [3.8, 4) is 5.75 Å². The number of aromatic nitrogens is 1. The van der Waals surface area contributed by atoms with Crippen molar-refractivity contribution in [2.75, 3.05) is 0 Å². The Morgan fingerprint density at radius 1 is 1.53 bits per heavy atom. The monoisotopic (exact) mass is 247 g/mol. The van der Waals surface area contributed by atoms with Crippen LogP contribution in [0.3, 0.4) is 0 Å². The molecule has 4 nitrogen and oxygen atoms in total. The summed E-state index contributed by atoms with van der Waals surface area (Å²) >= 11 is 1.58. The number of aryl methyl sites for hydroxylation is 1. The lowest BCUT2D eigenvalue weighted by Crippen LogP contribution is -2.10. The van der Waals surface area contributed by atoms with E-state index in [0.29, 0.717) is 17.9 Å². The fraction of sp³-hybridized carbons (Fsp3) is 0.167. The second kappa shape index (κ2) is 4.97. The average Bonchev–Trinajstić information content (AvgIpc) is 2.73. The average molecular weight is 247 g/mol.